The number of ether oxygens (including phenoxy) is 2. The molecule has 6 heteroatoms. The van der Waals surface area contributed by atoms with Gasteiger partial charge >= 0.3 is 5.97 Å². The Kier molecular flexibility index (Phi) is 7.37. The third-order valence-corrected chi connectivity index (χ3v) is 4.52. The first-order valence-corrected chi connectivity index (χ1v) is 8.70. The summed E-state index contributed by atoms with van der Waals surface area (Å²) in [4.78, 5) is 25.0. The van der Waals surface area contributed by atoms with Gasteiger partial charge in [-0.1, -0.05) is 42.5 Å². The molecule has 0 spiro atoms. The SMILES string of the molecule is COC(Cc1ccc(OCC(=O)N(C)[C@@H](C)c2ccccc2)cc1)C(=O)O. The average molecular weight is 371 g/mol. The van der Waals surface area contributed by atoms with Crippen LogP contribution in [0.1, 0.15) is 24.1 Å². The molecule has 0 fully saturated rings. The molecule has 0 aliphatic heterocycles. The van der Waals surface area contributed by atoms with Gasteiger partial charge in [-0.05, 0) is 30.2 Å². The van der Waals surface area contributed by atoms with Crippen molar-refractivity contribution in [2.75, 3.05) is 20.8 Å². The normalized spacial score (nSPS) is 12.9. The standard InChI is InChI=1S/C21H25NO5/c1-15(17-7-5-4-6-8-17)22(2)20(23)14-27-18-11-9-16(10-12-18)13-19(26-3)21(24)25/h4-12,15,19H,13-14H2,1-3H3,(H,24,25)/t15-,19?/m0/s1. The number of hydrogen-bond acceptors (Lipinski definition) is 4. The lowest BCUT2D eigenvalue weighted by atomic mass is 10.1. The molecule has 0 heterocycles. The van der Waals surface area contributed by atoms with Gasteiger partial charge in [0.2, 0.25) is 0 Å². The molecule has 0 aromatic heterocycles. The highest BCUT2D eigenvalue weighted by atomic mass is 16.5. The molecule has 27 heavy (non-hydrogen) atoms. The van der Waals surface area contributed by atoms with Crippen LogP contribution < -0.4 is 4.74 Å². The van der Waals surface area contributed by atoms with Crippen molar-refractivity contribution in [3.63, 3.8) is 0 Å². The Hall–Kier alpha value is -2.86. The van der Waals surface area contributed by atoms with E-state index in [1.54, 1.807) is 36.2 Å². The van der Waals surface area contributed by atoms with E-state index >= 15 is 0 Å². The molecule has 1 unspecified atom stereocenters. The number of aliphatic carboxylic acids is 1. The Morgan fingerprint density at radius 1 is 1.07 bits per heavy atom. The second kappa shape index (κ2) is 9.73. The summed E-state index contributed by atoms with van der Waals surface area (Å²) in [7, 11) is 3.12. The minimum Gasteiger partial charge on any atom is -0.484 e. The Morgan fingerprint density at radius 3 is 2.26 bits per heavy atom. The first kappa shape index (κ1) is 20.5. The van der Waals surface area contributed by atoms with Gasteiger partial charge in [0.05, 0.1) is 6.04 Å². The van der Waals surface area contributed by atoms with Crippen LogP contribution in [0, 0.1) is 0 Å². The van der Waals surface area contributed by atoms with E-state index in [9.17, 15) is 9.59 Å². The quantitative estimate of drug-likeness (QED) is 0.733. The van der Waals surface area contributed by atoms with Gasteiger partial charge in [0.15, 0.2) is 12.7 Å². The number of likely N-dealkylation sites (N-methyl/N-ethyl adjacent to an activating group) is 1. The summed E-state index contributed by atoms with van der Waals surface area (Å²) >= 11 is 0. The van der Waals surface area contributed by atoms with E-state index in [1.165, 1.54) is 7.11 Å². The second-order valence-corrected chi connectivity index (χ2v) is 6.29. The third kappa shape index (κ3) is 5.82. The van der Waals surface area contributed by atoms with Crippen molar-refractivity contribution in [3.8, 4) is 5.75 Å². The van der Waals surface area contributed by atoms with Gasteiger partial charge in [0.1, 0.15) is 5.75 Å². The number of hydrogen-bond donors (Lipinski definition) is 1. The molecule has 0 saturated heterocycles. The number of methoxy groups -OCH3 is 1. The smallest absolute Gasteiger partial charge is 0.333 e. The number of benzene rings is 2. The topological polar surface area (TPSA) is 76.1 Å². The lowest BCUT2D eigenvalue weighted by Gasteiger charge is -2.25. The number of amides is 1. The molecular weight excluding hydrogens is 346 g/mol. The highest BCUT2D eigenvalue weighted by Crippen LogP contribution is 2.19. The van der Waals surface area contributed by atoms with Crippen LogP contribution in [0.25, 0.3) is 0 Å². The Balaban J connectivity index is 1.88. The highest BCUT2D eigenvalue weighted by molar-refractivity contribution is 5.78. The van der Waals surface area contributed by atoms with Crippen molar-refractivity contribution in [3.05, 3.63) is 65.7 Å². The molecule has 0 aliphatic carbocycles. The van der Waals surface area contributed by atoms with Crippen LogP contribution >= 0.6 is 0 Å². The lowest BCUT2D eigenvalue weighted by Crippen LogP contribution is -2.33. The summed E-state index contributed by atoms with van der Waals surface area (Å²) in [6, 6.07) is 16.7. The second-order valence-electron chi connectivity index (χ2n) is 6.29. The predicted octanol–water partition coefficient (Wildman–Crippen LogP) is 2.93. The van der Waals surface area contributed by atoms with Crippen LogP contribution in [0.5, 0.6) is 5.75 Å². The summed E-state index contributed by atoms with van der Waals surface area (Å²) < 4.78 is 10.5. The Labute approximate surface area is 159 Å². The van der Waals surface area contributed by atoms with E-state index in [1.807, 2.05) is 37.3 Å². The first-order chi connectivity index (χ1) is 12.9. The fourth-order valence-electron chi connectivity index (χ4n) is 2.63. The van der Waals surface area contributed by atoms with E-state index in [2.05, 4.69) is 0 Å². The van der Waals surface area contributed by atoms with Crippen molar-refractivity contribution in [2.24, 2.45) is 0 Å². The molecule has 2 rings (SSSR count). The molecule has 2 aromatic carbocycles. The van der Waals surface area contributed by atoms with Gasteiger partial charge < -0.3 is 19.5 Å². The van der Waals surface area contributed by atoms with Gasteiger partial charge in [0.25, 0.3) is 5.91 Å². The van der Waals surface area contributed by atoms with Crippen LogP contribution in [0.15, 0.2) is 54.6 Å². The fourth-order valence-corrected chi connectivity index (χ4v) is 2.63. The molecule has 0 saturated carbocycles. The number of carboxylic acids is 1. The molecule has 0 bridgehead atoms. The maximum Gasteiger partial charge on any atom is 0.333 e. The maximum absolute atomic E-state index is 12.4. The average Bonchev–Trinajstić information content (AvgIpc) is 2.70. The van der Waals surface area contributed by atoms with E-state index in [0.29, 0.717) is 5.75 Å². The number of rotatable bonds is 9. The molecule has 1 N–H and O–H groups in total. The minimum atomic E-state index is -1.00. The van der Waals surface area contributed by atoms with Crippen LogP contribution in [-0.4, -0.2) is 48.8 Å². The van der Waals surface area contributed by atoms with Gasteiger partial charge in [-0.15, -0.1) is 0 Å². The van der Waals surface area contributed by atoms with E-state index in [4.69, 9.17) is 14.6 Å². The fraction of sp³-hybridized carbons (Fsp3) is 0.333. The maximum atomic E-state index is 12.4. The Bertz CT molecular complexity index is 745. The van der Waals surface area contributed by atoms with Crippen molar-refractivity contribution in [2.45, 2.75) is 25.5 Å². The van der Waals surface area contributed by atoms with Gasteiger partial charge in [-0.25, -0.2) is 4.79 Å². The zero-order valence-corrected chi connectivity index (χ0v) is 15.8. The number of carbonyl (C=O) groups is 2. The summed E-state index contributed by atoms with van der Waals surface area (Å²) in [6.07, 6.45) is -0.617. The van der Waals surface area contributed by atoms with Crippen molar-refractivity contribution in [1.29, 1.82) is 0 Å². The first-order valence-electron chi connectivity index (χ1n) is 8.70. The third-order valence-electron chi connectivity index (χ3n) is 4.52. The van der Waals surface area contributed by atoms with Gasteiger partial charge in [0, 0.05) is 20.6 Å². The van der Waals surface area contributed by atoms with Gasteiger partial charge in [-0.2, -0.15) is 0 Å². The molecular formula is C21H25NO5. The van der Waals surface area contributed by atoms with Crippen LogP contribution in [-0.2, 0) is 20.7 Å². The van der Waals surface area contributed by atoms with Crippen LogP contribution in [0.2, 0.25) is 0 Å². The molecule has 0 radical (unpaired) electrons. The molecule has 6 nitrogen and oxygen atoms in total. The predicted molar refractivity (Wildman–Crippen MR) is 102 cm³/mol. The molecule has 144 valence electrons. The largest absolute Gasteiger partial charge is 0.484 e. The van der Waals surface area contributed by atoms with Gasteiger partial charge in [-0.3, -0.25) is 4.79 Å². The van der Waals surface area contributed by atoms with E-state index in [-0.39, 0.29) is 25.0 Å². The summed E-state index contributed by atoms with van der Waals surface area (Å²) in [5.41, 5.74) is 1.88. The summed E-state index contributed by atoms with van der Waals surface area (Å²) in [5, 5.41) is 9.02. The summed E-state index contributed by atoms with van der Waals surface area (Å²) in [5.74, 6) is -0.572. The van der Waals surface area contributed by atoms with Crippen molar-refractivity contribution in [1.82, 2.24) is 4.90 Å². The zero-order valence-electron chi connectivity index (χ0n) is 15.8. The molecule has 1 amide bonds. The van der Waals surface area contributed by atoms with Crippen molar-refractivity contribution < 1.29 is 24.2 Å². The minimum absolute atomic E-state index is 0.0494. The number of nitrogens with zero attached hydrogens (tertiary/aromatic N) is 1. The Morgan fingerprint density at radius 2 is 1.70 bits per heavy atom. The number of carboxylic acid groups (broad SMARTS) is 1. The molecule has 0 aliphatic rings. The highest BCUT2D eigenvalue weighted by Gasteiger charge is 2.18. The zero-order chi connectivity index (χ0) is 19.8. The number of carbonyl (C=O) groups excluding carboxylic acids is 1. The lowest BCUT2D eigenvalue weighted by molar-refractivity contribution is -0.148. The monoisotopic (exact) mass is 371 g/mol. The van der Waals surface area contributed by atoms with Crippen LogP contribution in [0.4, 0.5) is 0 Å². The van der Waals surface area contributed by atoms with E-state index in [0.717, 1.165) is 11.1 Å². The molecule has 2 aromatic rings. The van der Waals surface area contributed by atoms with Crippen molar-refractivity contribution >= 4 is 11.9 Å². The van der Waals surface area contributed by atoms with E-state index < -0.39 is 12.1 Å². The molecule has 2 atom stereocenters. The van der Waals surface area contributed by atoms with Crippen LogP contribution in [0.3, 0.4) is 0 Å². The summed E-state index contributed by atoms with van der Waals surface area (Å²) in [6.45, 7) is 1.90.